The molecule has 0 aliphatic carbocycles. The summed E-state index contributed by atoms with van der Waals surface area (Å²) in [6.45, 7) is 1.98. The van der Waals surface area contributed by atoms with Crippen LogP contribution in [-0.4, -0.2) is 9.97 Å². The van der Waals surface area contributed by atoms with Crippen molar-refractivity contribution in [2.45, 2.75) is 17.0 Å². The van der Waals surface area contributed by atoms with Crippen LogP contribution in [0.1, 0.15) is 5.56 Å². The second kappa shape index (κ2) is 4.90. The van der Waals surface area contributed by atoms with E-state index in [1.807, 2.05) is 19.1 Å². The maximum Gasteiger partial charge on any atom is 0.117 e. The Kier molecular flexibility index (Phi) is 3.24. The molecule has 3 N–H and O–H groups in total. The van der Waals surface area contributed by atoms with Gasteiger partial charge < -0.3 is 10.7 Å². The van der Waals surface area contributed by atoms with Crippen LogP contribution in [0.25, 0.3) is 10.9 Å². The lowest BCUT2D eigenvalue weighted by Crippen LogP contribution is -1.94. The Bertz CT molecular complexity index is 719. The summed E-state index contributed by atoms with van der Waals surface area (Å²) in [7, 11) is 0. The van der Waals surface area contributed by atoms with Gasteiger partial charge in [-0.25, -0.2) is 4.98 Å². The second-order valence-electron chi connectivity index (χ2n) is 4.28. The number of anilines is 1. The SMILES string of the molecule is Cc1c(N)cnc(Sc2cc3ccccc3[nH]2)c1Br. The minimum atomic E-state index is 0.702. The number of fused-ring (bicyclic) bond motifs is 1. The lowest BCUT2D eigenvalue weighted by Gasteiger charge is -2.06. The fourth-order valence-corrected chi connectivity index (χ4v) is 3.32. The van der Waals surface area contributed by atoms with Crippen LogP contribution >= 0.6 is 27.7 Å². The van der Waals surface area contributed by atoms with E-state index in [1.54, 1.807) is 18.0 Å². The average molecular weight is 334 g/mol. The van der Waals surface area contributed by atoms with Crippen molar-refractivity contribution < 1.29 is 0 Å². The number of nitrogens with zero attached hydrogens (tertiary/aromatic N) is 1. The molecule has 0 aliphatic rings. The summed E-state index contributed by atoms with van der Waals surface area (Å²) < 4.78 is 0.955. The highest BCUT2D eigenvalue weighted by Crippen LogP contribution is 2.35. The van der Waals surface area contributed by atoms with Gasteiger partial charge in [-0.3, -0.25) is 0 Å². The van der Waals surface area contributed by atoms with Crippen molar-refractivity contribution in [2.75, 3.05) is 5.73 Å². The molecule has 2 heterocycles. The molecule has 0 fully saturated rings. The first-order valence-electron chi connectivity index (χ1n) is 5.81. The number of hydrogen-bond donors (Lipinski definition) is 2. The van der Waals surface area contributed by atoms with E-state index in [2.05, 4.69) is 44.1 Å². The molecule has 0 amide bonds. The zero-order chi connectivity index (χ0) is 13.4. The third kappa shape index (κ3) is 2.35. The third-order valence-electron chi connectivity index (χ3n) is 2.98. The fourth-order valence-electron chi connectivity index (χ4n) is 1.85. The van der Waals surface area contributed by atoms with Gasteiger partial charge in [0.2, 0.25) is 0 Å². The second-order valence-corrected chi connectivity index (χ2v) is 6.10. The lowest BCUT2D eigenvalue weighted by molar-refractivity contribution is 1.08. The minimum absolute atomic E-state index is 0.702. The molecule has 0 atom stereocenters. The molecule has 19 heavy (non-hydrogen) atoms. The fraction of sp³-hybridized carbons (Fsp3) is 0.0714. The summed E-state index contributed by atoms with van der Waals surface area (Å²) >= 11 is 5.15. The van der Waals surface area contributed by atoms with Crippen LogP contribution in [0.5, 0.6) is 0 Å². The number of para-hydroxylation sites is 1. The topological polar surface area (TPSA) is 54.7 Å². The smallest absolute Gasteiger partial charge is 0.117 e. The quantitative estimate of drug-likeness (QED) is 0.732. The van der Waals surface area contributed by atoms with Crippen LogP contribution in [0.15, 0.2) is 51.1 Å². The predicted octanol–water partition coefficient (Wildman–Crippen LogP) is 4.37. The molecule has 5 heteroatoms. The van der Waals surface area contributed by atoms with Gasteiger partial charge in [-0.15, -0.1) is 0 Å². The number of benzene rings is 1. The zero-order valence-electron chi connectivity index (χ0n) is 10.3. The van der Waals surface area contributed by atoms with Crippen molar-refractivity contribution in [3.8, 4) is 0 Å². The number of H-pyrrole nitrogens is 1. The maximum absolute atomic E-state index is 5.83. The summed E-state index contributed by atoms with van der Waals surface area (Å²) in [6.07, 6.45) is 1.70. The highest BCUT2D eigenvalue weighted by Gasteiger charge is 2.10. The molecule has 3 nitrogen and oxygen atoms in total. The Morgan fingerprint density at radius 2 is 2.11 bits per heavy atom. The molecular weight excluding hydrogens is 322 g/mol. The molecule has 0 bridgehead atoms. The van der Waals surface area contributed by atoms with E-state index < -0.39 is 0 Å². The van der Waals surface area contributed by atoms with Gasteiger partial charge in [-0.2, -0.15) is 0 Å². The molecule has 0 saturated heterocycles. The van der Waals surface area contributed by atoms with Crippen LogP contribution in [0, 0.1) is 6.92 Å². The molecule has 2 aromatic heterocycles. The molecular formula is C14H12BrN3S. The Balaban J connectivity index is 1.99. The van der Waals surface area contributed by atoms with E-state index in [0.717, 1.165) is 25.6 Å². The van der Waals surface area contributed by atoms with Gasteiger partial charge >= 0.3 is 0 Å². The molecule has 0 saturated carbocycles. The van der Waals surface area contributed by atoms with Crippen molar-refractivity contribution in [3.05, 3.63) is 46.6 Å². The highest BCUT2D eigenvalue weighted by atomic mass is 79.9. The average Bonchev–Trinajstić information content (AvgIpc) is 2.82. The molecule has 1 aromatic carbocycles. The van der Waals surface area contributed by atoms with E-state index in [9.17, 15) is 0 Å². The maximum atomic E-state index is 5.83. The number of nitrogens with two attached hydrogens (primary N) is 1. The molecule has 3 rings (SSSR count). The normalized spacial score (nSPS) is 11.1. The van der Waals surface area contributed by atoms with Crippen LogP contribution in [0.3, 0.4) is 0 Å². The Morgan fingerprint density at radius 3 is 2.89 bits per heavy atom. The van der Waals surface area contributed by atoms with Gasteiger partial charge in [0.05, 0.1) is 21.4 Å². The summed E-state index contributed by atoms with van der Waals surface area (Å²) in [4.78, 5) is 7.75. The number of pyridine rings is 1. The number of rotatable bonds is 2. The summed E-state index contributed by atoms with van der Waals surface area (Å²) in [5.41, 5.74) is 8.69. The van der Waals surface area contributed by atoms with Crippen molar-refractivity contribution in [3.63, 3.8) is 0 Å². The number of nitrogen functional groups attached to an aromatic ring is 1. The Labute approximate surface area is 123 Å². The number of hydrogen-bond acceptors (Lipinski definition) is 3. The first-order chi connectivity index (χ1) is 9.15. The molecule has 0 radical (unpaired) electrons. The first kappa shape index (κ1) is 12.6. The molecule has 0 spiro atoms. The monoisotopic (exact) mass is 333 g/mol. The van der Waals surface area contributed by atoms with Crippen molar-refractivity contribution >= 4 is 44.3 Å². The number of nitrogens with one attached hydrogen (secondary N) is 1. The molecule has 0 aliphatic heterocycles. The van der Waals surface area contributed by atoms with Gasteiger partial charge in [0.25, 0.3) is 0 Å². The van der Waals surface area contributed by atoms with E-state index in [-0.39, 0.29) is 0 Å². The van der Waals surface area contributed by atoms with Crippen molar-refractivity contribution in [1.29, 1.82) is 0 Å². The number of aromatic nitrogens is 2. The molecule has 0 unspecified atom stereocenters. The largest absolute Gasteiger partial charge is 0.397 e. The van der Waals surface area contributed by atoms with Crippen LogP contribution in [0.2, 0.25) is 0 Å². The van der Waals surface area contributed by atoms with Gasteiger partial charge in [-0.1, -0.05) is 30.0 Å². The van der Waals surface area contributed by atoms with Crippen molar-refractivity contribution in [1.82, 2.24) is 9.97 Å². The van der Waals surface area contributed by atoms with Gasteiger partial charge in [0.15, 0.2) is 0 Å². The zero-order valence-corrected chi connectivity index (χ0v) is 12.7. The van der Waals surface area contributed by atoms with E-state index in [4.69, 9.17) is 5.73 Å². The summed E-state index contributed by atoms with van der Waals surface area (Å²) in [5, 5.41) is 3.19. The number of halogens is 1. The van der Waals surface area contributed by atoms with E-state index >= 15 is 0 Å². The van der Waals surface area contributed by atoms with E-state index in [0.29, 0.717) is 5.69 Å². The summed E-state index contributed by atoms with van der Waals surface area (Å²) in [5.74, 6) is 0. The lowest BCUT2D eigenvalue weighted by atomic mass is 10.3. The van der Waals surface area contributed by atoms with Gasteiger partial charge in [-0.05, 0) is 40.5 Å². The van der Waals surface area contributed by atoms with Crippen LogP contribution in [0.4, 0.5) is 5.69 Å². The summed E-state index contributed by atoms with van der Waals surface area (Å²) in [6, 6.07) is 10.3. The Hall–Kier alpha value is -1.46. The third-order valence-corrected chi connectivity index (χ3v) is 5.16. The first-order valence-corrected chi connectivity index (χ1v) is 7.42. The van der Waals surface area contributed by atoms with Gasteiger partial charge in [0, 0.05) is 10.9 Å². The van der Waals surface area contributed by atoms with Crippen LogP contribution < -0.4 is 5.73 Å². The van der Waals surface area contributed by atoms with Gasteiger partial charge in [0.1, 0.15) is 5.03 Å². The molecule has 96 valence electrons. The van der Waals surface area contributed by atoms with Crippen molar-refractivity contribution in [2.24, 2.45) is 0 Å². The number of aromatic amines is 1. The Morgan fingerprint density at radius 1 is 1.32 bits per heavy atom. The van der Waals surface area contributed by atoms with Crippen LogP contribution in [-0.2, 0) is 0 Å². The molecule has 3 aromatic rings. The minimum Gasteiger partial charge on any atom is -0.397 e. The van der Waals surface area contributed by atoms with E-state index in [1.165, 1.54) is 5.39 Å². The highest BCUT2D eigenvalue weighted by molar-refractivity contribution is 9.10. The predicted molar refractivity (Wildman–Crippen MR) is 83.5 cm³/mol. The standard InChI is InChI=1S/C14H12BrN3S/c1-8-10(16)7-17-14(13(8)15)19-12-6-9-4-2-3-5-11(9)18-12/h2-7,18H,16H2,1H3.